The topological polar surface area (TPSA) is 83.6 Å². The second kappa shape index (κ2) is 7.02. The molecule has 3 atom stereocenters. The molecule has 1 N–H and O–H groups in total. The summed E-state index contributed by atoms with van der Waals surface area (Å²) in [5.41, 5.74) is 2.37. The van der Waals surface area contributed by atoms with Gasteiger partial charge in [0.2, 0.25) is 0 Å². The Bertz CT molecular complexity index is 1200. The van der Waals surface area contributed by atoms with Crippen LogP contribution in [-0.2, 0) is 9.59 Å². The quantitative estimate of drug-likeness (QED) is 0.751. The van der Waals surface area contributed by atoms with Crippen molar-refractivity contribution in [2.75, 3.05) is 0 Å². The molecule has 6 nitrogen and oxygen atoms in total. The Morgan fingerprint density at radius 1 is 1.16 bits per heavy atom. The van der Waals surface area contributed by atoms with E-state index >= 15 is 0 Å². The SMILES string of the molecule is CC(C)(C)C(=O)C1=C(O)C(=O)N(C2=CC=C(c3ccon3)C3CC23)C1c1ccc(F)cc1. The molecular formula is C25H23FN2O4. The van der Waals surface area contributed by atoms with E-state index in [4.69, 9.17) is 4.52 Å². The van der Waals surface area contributed by atoms with Crippen LogP contribution in [0.3, 0.4) is 0 Å². The van der Waals surface area contributed by atoms with Gasteiger partial charge in [0.1, 0.15) is 17.8 Å². The number of carbonyl (C=O) groups is 2. The number of benzene rings is 1. The van der Waals surface area contributed by atoms with Crippen molar-refractivity contribution in [1.29, 1.82) is 0 Å². The zero-order valence-electron chi connectivity index (χ0n) is 18.0. The van der Waals surface area contributed by atoms with E-state index in [2.05, 4.69) is 5.16 Å². The molecule has 5 rings (SSSR count). The average Bonchev–Trinajstić information content (AvgIpc) is 3.28. The smallest absolute Gasteiger partial charge is 0.294 e. The molecular weight excluding hydrogens is 411 g/mol. The van der Waals surface area contributed by atoms with Crippen LogP contribution in [0.4, 0.5) is 4.39 Å². The number of aliphatic hydroxyl groups is 1. The number of aliphatic hydroxyl groups excluding tert-OH is 1. The highest BCUT2D eigenvalue weighted by atomic mass is 19.1. The predicted octanol–water partition coefficient (Wildman–Crippen LogP) is 4.74. The van der Waals surface area contributed by atoms with E-state index < -0.39 is 28.9 Å². The summed E-state index contributed by atoms with van der Waals surface area (Å²) < 4.78 is 18.6. The van der Waals surface area contributed by atoms with Crippen LogP contribution in [0.1, 0.15) is 44.5 Å². The molecule has 2 aliphatic carbocycles. The lowest BCUT2D eigenvalue weighted by Crippen LogP contribution is -2.33. The number of hydrogen-bond donors (Lipinski definition) is 1. The molecule has 2 heterocycles. The number of hydrogen-bond acceptors (Lipinski definition) is 5. The van der Waals surface area contributed by atoms with Gasteiger partial charge in [-0.2, -0.15) is 0 Å². The van der Waals surface area contributed by atoms with E-state index in [-0.39, 0.29) is 23.2 Å². The van der Waals surface area contributed by atoms with Gasteiger partial charge < -0.3 is 9.63 Å². The first-order valence-electron chi connectivity index (χ1n) is 10.6. The fraction of sp³-hybridized carbons (Fsp3) is 0.320. The van der Waals surface area contributed by atoms with Gasteiger partial charge in [0.05, 0.1) is 11.6 Å². The van der Waals surface area contributed by atoms with Crippen molar-refractivity contribution in [1.82, 2.24) is 10.1 Å². The minimum atomic E-state index is -0.815. The van der Waals surface area contributed by atoms with Gasteiger partial charge >= 0.3 is 0 Å². The van der Waals surface area contributed by atoms with Crippen molar-refractivity contribution in [2.24, 2.45) is 17.3 Å². The Kier molecular flexibility index (Phi) is 4.48. The van der Waals surface area contributed by atoms with Crippen molar-refractivity contribution in [2.45, 2.75) is 33.2 Å². The van der Waals surface area contributed by atoms with E-state index in [1.165, 1.54) is 23.3 Å². The number of fused-ring (bicyclic) bond motifs is 1. The average molecular weight is 434 g/mol. The normalized spacial score (nSPS) is 24.9. The molecule has 32 heavy (non-hydrogen) atoms. The molecule has 164 valence electrons. The molecule has 1 fully saturated rings. The summed E-state index contributed by atoms with van der Waals surface area (Å²) in [6.45, 7) is 5.23. The molecule has 0 saturated heterocycles. The Labute approximate surface area is 184 Å². The number of carbonyl (C=O) groups excluding carboxylic acids is 2. The van der Waals surface area contributed by atoms with Crippen LogP contribution < -0.4 is 0 Å². The van der Waals surface area contributed by atoms with E-state index in [1.807, 2.05) is 12.2 Å². The number of allylic oxidation sites excluding steroid dienone is 4. The molecule has 1 amide bonds. The summed E-state index contributed by atoms with van der Waals surface area (Å²) in [5, 5.41) is 14.8. The summed E-state index contributed by atoms with van der Waals surface area (Å²) in [6, 6.07) is 6.69. The van der Waals surface area contributed by atoms with Gasteiger partial charge in [0.25, 0.3) is 5.91 Å². The third-order valence-corrected chi connectivity index (χ3v) is 6.33. The second-order valence-corrected chi connectivity index (χ2v) is 9.52. The fourth-order valence-corrected chi connectivity index (χ4v) is 4.65. The first-order chi connectivity index (χ1) is 15.2. The summed E-state index contributed by atoms with van der Waals surface area (Å²) in [6.07, 6.45) is 6.11. The highest BCUT2D eigenvalue weighted by Gasteiger charge is 2.53. The van der Waals surface area contributed by atoms with Gasteiger partial charge in [-0.15, -0.1) is 0 Å². The van der Waals surface area contributed by atoms with Gasteiger partial charge in [0, 0.05) is 23.1 Å². The lowest BCUT2D eigenvalue weighted by atomic mass is 9.82. The maximum absolute atomic E-state index is 13.6. The number of ketones is 1. The van der Waals surface area contributed by atoms with Crippen LogP contribution in [0.5, 0.6) is 0 Å². The first kappa shape index (κ1) is 20.4. The number of rotatable bonds is 4. The zero-order valence-corrected chi connectivity index (χ0v) is 18.0. The van der Waals surface area contributed by atoms with E-state index in [9.17, 15) is 19.1 Å². The zero-order chi connectivity index (χ0) is 22.8. The third-order valence-electron chi connectivity index (χ3n) is 6.33. The molecule has 3 unspecified atom stereocenters. The molecule has 0 spiro atoms. The lowest BCUT2D eigenvalue weighted by molar-refractivity contribution is -0.127. The summed E-state index contributed by atoms with van der Waals surface area (Å²) in [7, 11) is 0. The van der Waals surface area contributed by atoms with Gasteiger partial charge in [-0.05, 0) is 41.7 Å². The van der Waals surface area contributed by atoms with E-state index in [0.29, 0.717) is 5.56 Å². The standard InChI is InChI=1S/C25H23FN2O4/c1-25(2,3)23(30)20-21(13-4-6-14(26)7-5-13)28(24(31)22(20)29)19-9-8-15(16-12-17(16)19)18-10-11-32-27-18/h4-11,16-17,21,29H,12H2,1-3H3. The first-order valence-corrected chi connectivity index (χ1v) is 10.6. The Morgan fingerprint density at radius 2 is 1.88 bits per heavy atom. The minimum absolute atomic E-state index is 0.0542. The molecule has 1 aromatic heterocycles. The van der Waals surface area contributed by atoms with Crippen LogP contribution in [0.2, 0.25) is 0 Å². The second-order valence-electron chi connectivity index (χ2n) is 9.52. The van der Waals surface area contributed by atoms with Crippen LogP contribution in [-0.4, -0.2) is 26.9 Å². The minimum Gasteiger partial charge on any atom is -0.503 e. The van der Waals surface area contributed by atoms with E-state index in [1.54, 1.807) is 39.0 Å². The van der Waals surface area contributed by atoms with Crippen molar-refractivity contribution < 1.29 is 23.6 Å². The van der Waals surface area contributed by atoms with Gasteiger partial charge in [-0.3, -0.25) is 14.5 Å². The molecule has 7 heteroatoms. The number of Topliss-reactive ketones (excluding diaryl/α,β-unsaturated/α-hetero) is 1. The molecule has 2 aromatic rings. The molecule has 0 bridgehead atoms. The van der Waals surface area contributed by atoms with Crippen molar-refractivity contribution in [3.63, 3.8) is 0 Å². The van der Waals surface area contributed by atoms with Crippen LogP contribution in [0.25, 0.3) is 5.57 Å². The Balaban J connectivity index is 1.61. The Hall–Kier alpha value is -3.48. The molecule has 1 saturated carbocycles. The van der Waals surface area contributed by atoms with Crippen molar-refractivity contribution in [3.05, 3.63) is 82.9 Å². The lowest BCUT2D eigenvalue weighted by Gasteiger charge is -2.31. The molecule has 1 aliphatic heterocycles. The number of aromatic nitrogens is 1. The molecule has 0 radical (unpaired) electrons. The number of halogens is 1. The predicted molar refractivity (Wildman–Crippen MR) is 114 cm³/mol. The Morgan fingerprint density at radius 3 is 2.50 bits per heavy atom. The highest BCUT2D eigenvalue weighted by Crippen LogP contribution is 2.57. The molecule has 1 aromatic carbocycles. The van der Waals surface area contributed by atoms with Gasteiger partial charge in [-0.25, -0.2) is 4.39 Å². The van der Waals surface area contributed by atoms with Gasteiger partial charge in [0.15, 0.2) is 11.5 Å². The van der Waals surface area contributed by atoms with Crippen LogP contribution in [0, 0.1) is 23.1 Å². The maximum Gasteiger partial charge on any atom is 0.294 e. The van der Waals surface area contributed by atoms with Crippen molar-refractivity contribution >= 4 is 17.3 Å². The van der Waals surface area contributed by atoms with E-state index in [0.717, 1.165) is 23.4 Å². The highest BCUT2D eigenvalue weighted by molar-refractivity contribution is 6.11. The largest absolute Gasteiger partial charge is 0.503 e. The molecule has 3 aliphatic rings. The maximum atomic E-state index is 13.6. The third kappa shape index (κ3) is 3.11. The number of nitrogens with zero attached hydrogens (tertiary/aromatic N) is 2. The number of amides is 1. The summed E-state index contributed by atoms with van der Waals surface area (Å²) >= 11 is 0. The van der Waals surface area contributed by atoms with Crippen LogP contribution in [0.15, 0.2) is 70.3 Å². The van der Waals surface area contributed by atoms with Crippen LogP contribution >= 0.6 is 0 Å². The van der Waals surface area contributed by atoms with Crippen molar-refractivity contribution in [3.8, 4) is 0 Å². The monoisotopic (exact) mass is 434 g/mol. The summed E-state index contributed by atoms with van der Waals surface area (Å²) in [4.78, 5) is 28.1. The fourth-order valence-electron chi connectivity index (χ4n) is 4.65. The van der Waals surface area contributed by atoms with Gasteiger partial charge in [-0.1, -0.05) is 44.1 Å². The summed E-state index contributed by atoms with van der Waals surface area (Å²) in [5.74, 6) is -1.63.